The summed E-state index contributed by atoms with van der Waals surface area (Å²) in [6.45, 7) is 0.865. The van der Waals surface area contributed by atoms with Crippen LogP contribution in [0.25, 0.3) is 0 Å². The van der Waals surface area contributed by atoms with Crippen LogP contribution in [0.4, 0.5) is 4.39 Å². The maximum Gasteiger partial charge on any atom is 0.290 e. The Balaban J connectivity index is 2.06. The highest BCUT2D eigenvalue weighted by molar-refractivity contribution is 14.1. The summed E-state index contributed by atoms with van der Waals surface area (Å²) in [5.41, 5.74) is 1.26. The molecule has 0 unspecified atom stereocenters. The molecule has 0 aliphatic heterocycles. The predicted molar refractivity (Wildman–Crippen MR) is 151 cm³/mol. The van der Waals surface area contributed by atoms with Gasteiger partial charge in [-0.25, -0.2) is 4.39 Å². The Morgan fingerprint density at radius 3 is 2.45 bits per heavy atom. The van der Waals surface area contributed by atoms with E-state index >= 15 is 0 Å². The summed E-state index contributed by atoms with van der Waals surface area (Å²) < 4.78 is 25.7. The number of nitrogens with zero attached hydrogens (tertiary/aromatic N) is 1. The molecule has 4 N–H and O–H groups in total. The fourth-order valence-electron chi connectivity index (χ4n) is 4.33. The first-order valence-corrected chi connectivity index (χ1v) is 13.7. The van der Waals surface area contributed by atoms with Crippen LogP contribution in [0.15, 0.2) is 48.0 Å². The molecule has 0 heterocycles. The van der Waals surface area contributed by atoms with Crippen LogP contribution in [-0.4, -0.2) is 76.3 Å². The van der Waals surface area contributed by atoms with Crippen molar-refractivity contribution < 1.29 is 43.6 Å². The normalized spacial score (nSPS) is 18.5. The maximum absolute atomic E-state index is 13.5. The highest BCUT2D eigenvalue weighted by atomic mass is 127. The minimum atomic E-state index is -1.39. The summed E-state index contributed by atoms with van der Waals surface area (Å²) in [5, 5.41) is 32.8. The lowest BCUT2D eigenvalue weighted by molar-refractivity contribution is -0.149. The maximum atomic E-state index is 13.5. The summed E-state index contributed by atoms with van der Waals surface area (Å²) in [5.74, 6) is -2.02. The average molecular weight is 670 g/mol. The first-order valence-electron chi connectivity index (χ1n) is 12.6. The van der Waals surface area contributed by atoms with E-state index in [1.165, 1.54) is 49.3 Å². The third-order valence-corrected chi connectivity index (χ3v) is 7.23. The fourth-order valence-corrected chi connectivity index (χ4v) is 5.13. The second kappa shape index (κ2) is 14.5. The number of hydrogen-bond acceptors (Lipinski definition) is 8. The lowest BCUT2D eigenvalue weighted by atomic mass is 9.87. The van der Waals surface area contributed by atoms with Gasteiger partial charge >= 0.3 is 0 Å². The van der Waals surface area contributed by atoms with Gasteiger partial charge in [-0.05, 0) is 64.1 Å². The third-order valence-electron chi connectivity index (χ3n) is 6.43. The number of methoxy groups -OCH3 is 1. The van der Waals surface area contributed by atoms with Gasteiger partial charge in [-0.3, -0.25) is 14.4 Å². The number of hydrogen-bond donors (Lipinski definition) is 4. The highest BCUT2D eigenvalue weighted by Gasteiger charge is 2.42. The van der Waals surface area contributed by atoms with E-state index in [9.17, 15) is 29.0 Å². The molecule has 2 aromatic rings. The number of carbonyl (C=O) groups is 3. The van der Waals surface area contributed by atoms with Gasteiger partial charge in [0.25, 0.3) is 5.91 Å². The van der Waals surface area contributed by atoms with Gasteiger partial charge < -0.3 is 35.0 Å². The van der Waals surface area contributed by atoms with E-state index in [1.807, 2.05) is 22.6 Å². The van der Waals surface area contributed by atoms with Gasteiger partial charge in [0.15, 0.2) is 11.5 Å². The number of halogens is 2. The summed E-state index contributed by atoms with van der Waals surface area (Å²) in [6, 6.07) is 7.56. The Labute approximate surface area is 244 Å². The number of aliphatic hydroxyl groups is 3. The minimum Gasteiger partial charge on any atom is -0.493 e. The Hall–Kier alpha value is -3.07. The van der Waals surface area contributed by atoms with Crippen LogP contribution in [0.3, 0.4) is 0 Å². The minimum absolute atomic E-state index is 0.0180. The summed E-state index contributed by atoms with van der Waals surface area (Å²) in [7, 11) is 1.42. The molecular formula is C28H32FIN2O8. The van der Waals surface area contributed by atoms with Gasteiger partial charge in [0.05, 0.1) is 29.9 Å². The Morgan fingerprint density at radius 2 is 1.85 bits per heavy atom. The number of nitrogens with one attached hydrogen (secondary N) is 1. The number of Topliss-reactive ketones (excluding diaryl/α,β-unsaturated/α-hetero) is 1. The van der Waals surface area contributed by atoms with Crippen molar-refractivity contribution in [3.05, 3.63) is 68.6 Å². The fraction of sp³-hybridized carbons (Fsp3) is 0.393. The lowest BCUT2D eigenvalue weighted by Crippen LogP contribution is -2.56. The van der Waals surface area contributed by atoms with E-state index < -0.39 is 41.7 Å². The Kier molecular flexibility index (Phi) is 11.4. The molecule has 1 aliphatic carbocycles. The molecule has 0 bridgehead atoms. The van der Waals surface area contributed by atoms with Crippen LogP contribution >= 0.6 is 22.6 Å². The van der Waals surface area contributed by atoms with Crippen LogP contribution in [0, 0.1) is 9.39 Å². The zero-order chi connectivity index (χ0) is 29.4. The molecule has 0 spiro atoms. The second-order valence-electron chi connectivity index (χ2n) is 9.12. The molecule has 12 heteroatoms. The first-order chi connectivity index (χ1) is 19.1. The van der Waals surface area contributed by atoms with E-state index in [-0.39, 0.29) is 56.2 Å². The van der Waals surface area contributed by atoms with Gasteiger partial charge in [0, 0.05) is 31.5 Å². The molecule has 0 saturated carbocycles. The largest absolute Gasteiger partial charge is 0.493 e. The number of ether oxygens (including phenoxy) is 2. The summed E-state index contributed by atoms with van der Waals surface area (Å²) in [6.07, 6.45) is -1.29. The van der Waals surface area contributed by atoms with Gasteiger partial charge in [0.2, 0.25) is 11.7 Å². The monoisotopic (exact) mass is 670 g/mol. The molecule has 3 rings (SSSR count). The van der Waals surface area contributed by atoms with E-state index in [2.05, 4.69) is 5.32 Å². The molecule has 2 aromatic carbocycles. The van der Waals surface area contributed by atoms with E-state index in [1.54, 1.807) is 12.1 Å². The quantitative estimate of drug-likeness (QED) is 0.198. The molecule has 0 fully saturated rings. The van der Waals surface area contributed by atoms with Gasteiger partial charge in [-0.1, -0.05) is 19.1 Å². The molecule has 3 atom stereocenters. The molecule has 0 aromatic heterocycles. The van der Waals surface area contributed by atoms with Crippen LogP contribution in [0.1, 0.15) is 30.9 Å². The first kappa shape index (κ1) is 31.5. The van der Waals surface area contributed by atoms with Crippen LogP contribution in [-0.2, 0) is 27.5 Å². The zero-order valence-electron chi connectivity index (χ0n) is 22.1. The molecule has 0 radical (unpaired) electrons. The molecule has 1 aliphatic rings. The summed E-state index contributed by atoms with van der Waals surface area (Å²) >= 11 is 1.99. The SMILES string of the molecule is CCC(=O)C(=O)N(Cc1ccc(F)cc1)[C@@H]1CC(C(=O)NCCO)=C[C@H](Oc2c(I)cc(CO)cc2OC)[C@H]1O. The van der Waals surface area contributed by atoms with Crippen molar-refractivity contribution in [3.63, 3.8) is 0 Å². The van der Waals surface area contributed by atoms with Gasteiger partial charge in [0.1, 0.15) is 18.0 Å². The number of carbonyl (C=O) groups excluding carboxylic acids is 3. The molecular weight excluding hydrogens is 638 g/mol. The van der Waals surface area contributed by atoms with Crippen LogP contribution < -0.4 is 14.8 Å². The zero-order valence-corrected chi connectivity index (χ0v) is 24.3. The van der Waals surface area contributed by atoms with Crippen molar-refractivity contribution in [2.24, 2.45) is 0 Å². The Morgan fingerprint density at radius 1 is 1.15 bits per heavy atom. The van der Waals surface area contributed by atoms with Crippen molar-refractivity contribution in [3.8, 4) is 11.5 Å². The lowest BCUT2D eigenvalue weighted by Gasteiger charge is -2.40. The Bertz CT molecular complexity index is 1250. The molecule has 216 valence electrons. The number of ketones is 1. The van der Waals surface area contributed by atoms with Crippen molar-refractivity contribution in [1.29, 1.82) is 0 Å². The third kappa shape index (κ3) is 7.56. The number of benzene rings is 2. The number of aliphatic hydroxyl groups excluding tert-OH is 3. The van der Waals surface area contributed by atoms with Crippen molar-refractivity contribution in [1.82, 2.24) is 10.2 Å². The van der Waals surface area contributed by atoms with Crippen molar-refractivity contribution >= 4 is 40.2 Å². The van der Waals surface area contributed by atoms with E-state index in [0.29, 0.717) is 14.7 Å². The van der Waals surface area contributed by atoms with Crippen LogP contribution in [0.2, 0.25) is 0 Å². The van der Waals surface area contributed by atoms with Crippen molar-refractivity contribution in [2.75, 3.05) is 20.3 Å². The topological polar surface area (TPSA) is 146 Å². The van der Waals surface area contributed by atoms with Crippen molar-refractivity contribution in [2.45, 2.75) is 51.2 Å². The number of rotatable bonds is 12. The molecule has 0 saturated heterocycles. The molecule has 40 heavy (non-hydrogen) atoms. The van der Waals surface area contributed by atoms with Gasteiger partial charge in [-0.15, -0.1) is 0 Å². The van der Waals surface area contributed by atoms with Crippen LogP contribution in [0.5, 0.6) is 11.5 Å². The standard InChI is InChI=1S/C28H32FIN2O8/c1-3-22(35)28(38)32(14-16-4-6-19(29)7-5-16)21-12-18(27(37)31-8-9-33)13-23(25(21)36)40-26-20(30)10-17(15-34)11-24(26)39-2/h4-7,10-11,13,21,23,25,33-34,36H,3,8-9,12,14-15H2,1-2H3,(H,31,37)/t21-,23+,25+/m1/s1. The van der Waals surface area contributed by atoms with E-state index in [4.69, 9.17) is 14.6 Å². The highest BCUT2D eigenvalue weighted by Crippen LogP contribution is 2.37. The molecule has 10 nitrogen and oxygen atoms in total. The number of amides is 2. The smallest absolute Gasteiger partial charge is 0.290 e. The van der Waals surface area contributed by atoms with Gasteiger partial charge in [-0.2, -0.15) is 0 Å². The average Bonchev–Trinajstić information content (AvgIpc) is 2.96. The summed E-state index contributed by atoms with van der Waals surface area (Å²) in [4.78, 5) is 40.0. The van der Waals surface area contributed by atoms with E-state index in [0.717, 1.165) is 0 Å². The second-order valence-corrected chi connectivity index (χ2v) is 10.3. The molecule has 2 amide bonds. The predicted octanol–water partition coefficient (Wildman–Crippen LogP) is 1.85.